The van der Waals surface area contributed by atoms with Crippen LogP contribution in [-0.4, -0.2) is 31.2 Å². The number of rotatable bonds is 9. The highest BCUT2D eigenvalue weighted by Crippen LogP contribution is 2.22. The first-order chi connectivity index (χ1) is 9.15. The second-order valence-electron chi connectivity index (χ2n) is 4.27. The molecule has 0 amide bonds. The van der Waals surface area contributed by atoms with E-state index in [1.54, 1.807) is 18.5 Å². The first-order valence-electron chi connectivity index (χ1n) is 6.43. The second-order valence-corrected chi connectivity index (χ2v) is 4.27. The predicted molar refractivity (Wildman–Crippen MR) is 71.1 cm³/mol. The largest absolute Gasteiger partial charge is 0.398 e. The number of nitrogens with one attached hydrogen (secondary N) is 1. The number of hydrogen-bond donors (Lipinski definition) is 2. The zero-order valence-corrected chi connectivity index (χ0v) is 11.1. The van der Waals surface area contributed by atoms with Crippen LogP contribution in [0.3, 0.4) is 0 Å². The van der Waals surface area contributed by atoms with E-state index in [1.807, 2.05) is 0 Å². The van der Waals surface area contributed by atoms with Crippen molar-refractivity contribution >= 4 is 5.69 Å². The van der Waals surface area contributed by atoms with Gasteiger partial charge in [-0.3, -0.25) is 4.98 Å². The van der Waals surface area contributed by atoms with Gasteiger partial charge in [-0.05, 0) is 25.5 Å². The molecule has 108 valence electrons. The standard InChI is InChI=1S/C13H21F2N3O/c1-2-5-18-12(4-7-19-9-13(14)15)10-8-17-6-3-11(10)16/h3,6,8,12-13,18H,2,4-5,7,9H2,1H3,(H2,16,17). The molecule has 1 rings (SSSR count). The van der Waals surface area contributed by atoms with E-state index in [0.29, 0.717) is 12.1 Å². The van der Waals surface area contributed by atoms with Crippen molar-refractivity contribution in [3.05, 3.63) is 24.0 Å². The van der Waals surface area contributed by atoms with Gasteiger partial charge in [0.05, 0.1) is 0 Å². The maximum absolute atomic E-state index is 12.0. The minimum atomic E-state index is -2.43. The lowest BCUT2D eigenvalue weighted by Gasteiger charge is -2.20. The van der Waals surface area contributed by atoms with E-state index in [-0.39, 0.29) is 12.6 Å². The lowest BCUT2D eigenvalue weighted by atomic mass is 10.0. The summed E-state index contributed by atoms with van der Waals surface area (Å²) < 4.78 is 28.9. The normalized spacial score (nSPS) is 12.8. The van der Waals surface area contributed by atoms with Crippen molar-refractivity contribution < 1.29 is 13.5 Å². The second kappa shape index (κ2) is 8.77. The molecule has 1 aromatic heterocycles. The van der Waals surface area contributed by atoms with Crippen LogP contribution in [0.2, 0.25) is 0 Å². The third-order valence-corrected chi connectivity index (χ3v) is 2.70. The van der Waals surface area contributed by atoms with Gasteiger partial charge < -0.3 is 15.8 Å². The monoisotopic (exact) mass is 273 g/mol. The van der Waals surface area contributed by atoms with Crippen molar-refractivity contribution in [2.24, 2.45) is 0 Å². The van der Waals surface area contributed by atoms with Gasteiger partial charge in [0.1, 0.15) is 6.61 Å². The zero-order chi connectivity index (χ0) is 14.1. The molecular weight excluding hydrogens is 252 g/mol. The van der Waals surface area contributed by atoms with Crippen LogP contribution in [0.15, 0.2) is 18.5 Å². The summed E-state index contributed by atoms with van der Waals surface area (Å²) in [6, 6.07) is 1.71. The predicted octanol–water partition coefficient (Wildman–Crippen LogP) is 2.38. The van der Waals surface area contributed by atoms with Gasteiger partial charge in [0.25, 0.3) is 6.43 Å². The van der Waals surface area contributed by atoms with Gasteiger partial charge in [-0.1, -0.05) is 6.92 Å². The molecule has 1 heterocycles. The van der Waals surface area contributed by atoms with Crippen LogP contribution >= 0.6 is 0 Å². The lowest BCUT2D eigenvalue weighted by molar-refractivity contribution is 0.0144. The van der Waals surface area contributed by atoms with Crippen molar-refractivity contribution in [2.75, 3.05) is 25.5 Å². The van der Waals surface area contributed by atoms with Gasteiger partial charge >= 0.3 is 0 Å². The molecule has 0 aliphatic carbocycles. The van der Waals surface area contributed by atoms with Crippen LogP contribution in [0.25, 0.3) is 0 Å². The fourth-order valence-electron chi connectivity index (χ4n) is 1.77. The number of halogens is 2. The highest BCUT2D eigenvalue weighted by atomic mass is 19.3. The summed E-state index contributed by atoms with van der Waals surface area (Å²) in [7, 11) is 0. The SMILES string of the molecule is CCCNC(CCOCC(F)F)c1cnccc1N. The van der Waals surface area contributed by atoms with Gasteiger partial charge in [0, 0.05) is 36.3 Å². The first kappa shape index (κ1) is 15.8. The molecule has 0 fully saturated rings. The Kier molecular flexibility index (Phi) is 7.28. The molecule has 1 aromatic rings. The minimum Gasteiger partial charge on any atom is -0.398 e. The zero-order valence-electron chi connectivity index (χ0n) is 11.1. The third kappa shape index (κ3) is 5.94. The molecule has 3 N–H and O–H groups in total. The number of pyridine rings is 1. The number of nitrogen functional groups attached to an aromatic ring is 1. The summed E-state index contributed by atoms with van der Waals surface area (Å²) in [5.74, 6) is 0. The van der Waals surface area contributed by atoms with Crippen molar-refractivity contribution in [3.63, 3.8) is 0 Å². The number of nitrogens with two attached hydrogens (primary N) is 1. The molecule has 0 aliphatic rings. The van der Waals surface area contributed by atoms with Crippen molar-refractivity contribution in [3.8, 4) is 0 Å². The maximum atomic E-state index is 12.0. The Morgan fingerprint density at radius 2 is 2.26 bits per heavy atom. The van der Waals surface area contributed by atoms with Crippen LogP contribution in [0.5, 0.6) is 0 Å². The molecule has 0 aliphatic heterocycles. The van der Waals surface area contributed by atoms with Gasteiger partial charge in [0.2, 0.25) is 0 Å². The van der Waals surface area contributed by atoms with Gasteiger partial charge in [-0.25, -0.2) is 8.78 Å². The molecule has 0 saturated carbocycles. The summed E-state index contributed by atoms with van der Waals surface area (Å²) in [5.41, 5.74) is 7.44. The first-order valence-corrected chi connectivity index (χ1v) is 6.43. The number of anilines is 1. The quantitative estimate of drug-likeness (QED) is 0.678. The molecule has 0 bridgehead atoms. The average molecular weight is 273 g/mol. The third-order valence-electron chi connectivity index (χ3n) is 2.70. The van der Waals surface area contributed by atoms with Gasteiger partial charge in [-0.2, -0.15) is 0 Å². The number of ether oxygens (including phenoxy) is 1. The number of alkyl halides is 2. The van der Waals surface area contributed by atoms with E-state index in [2.05, 4.69) is 17.2 Å². The van der Waals surface area contributed by atoms with Gasteiger partial charge in [0.15, 0.2) is 0 Å². The van der Waals surface area contributed by atoms with Crippen LogP contribution < -0.4 is 11.1 Å². The Hall–Kier alpha value is -1.27. The number of hydrogen-bond acceptors (Lipinski definition) is 4. The fourth-order valence-corrected chi connectivity index (χ4v) is 1.77. The number of aromatic nitrogens is 1. The van der Waals surface area contributed by atoms with Crippen molar-refractivity contribution in [1.29, 1.82) is 0 Å². The topological polar surface area (TPSA) is 60.2 Å². The average Bonchev–Trinajstić information content (AvgIpc) is 2.39. The minimum absolute atomic E-state index is 0.0219. The molecular formula is C13H21F2N3O. The van der Waals surface area contributed by atoms with E-state index in [4.69, 9.17) is 10.5 Å². The lowest BCUT2D eigenvalue weighted by Crippen LogP contribution is -2.25. The summed E-state index contributed by atoms with van der Waals surface area (Å²) in [5, 5.41) is 3.33. The van der Waals surface area contributed by atoms with E-state index in [0.717, 1.165) is 18.5 Å². The molecule has 4 nitrogen and oxygen atoms in total. The smallest absolute Gasteiger partial charge is 0.261 e. The summed E-state index contributed by atoms with van der Waals surface area (Å²) in [6.07, 6.45) is 2.47. The Labute approximate surface area is 112 Å². The summed E-state index contributed by atoms with van der Waals surface area (Å²) in [4.78, 5) is 4.05. The van der Waals surface area contributed by atoms with E-state index < -0.39 is 13.0 Å². The van der Waals surface area contributed by atoms with Crippen LogP contribution in [0.4, 0.5) is 14.5 Å². The van der Waals surface area contributed by atoms with E-state index in [9.17, 15) is 8.78 Å². The van der Waals surface area contributed by atoms with Crippen molar-refractivity contribution in [2.45, 2.75) is 32.2 Å². The van der Waals surface area contributed by atoms with Crippen LogP contribution in [0.1, 0.15) is 31.4 Å². The highest BCUT2D eigenvalue weighted by molar-refractivity contribution is 5.46. The molecule has 0 saturated heterocycles. The Morgan fingerprint density at radius 1 is 1.47 bits per heavy atom. The van der Waals surface area contributed by atoms with Gasteiger partial charge in [-0.15, -0.1) is 0 Å². The fraction of sp³-hybridized carbons (Fsp3) is 0.615. The van der Waals surface area contributed by atoms with E-state index >= 15 is 0 Å². The molecule has 0 radical (unpaired) electrons. The summed E-state index contributed by atoms with van der Waals surface area (Å²) >= 11 is 0. The van der Waals surface area contributed by atoms with Crippen LogP contribution in [0, 0.1) is 0 Å². The highest BCUT2D eigenvalue weighted by Gasteiger charge is 2.14. The molecule has 6 heteroatoms. The summed E-state index contributed by atoms with van der Waals surface area (Å²) in [6.45, 7) is 2.63. The molecule has 1 atom stereocenters. The van der Waals surface area contributed by atoms with E-state index in [1.165, 1.54) is 0 Å². The molecule has 0 spiro atoms. The Morgan fingerprint density at radius 3 is 2.89 bits per heavy atom. The van der Waals surface area contributed by atoms with Crippen LogP contribution in [-0.2, 0) is 4.74 Å². The molecule has 1 unspecified atom stereocenters. The Bertz CT molecular complexity index is 363. The molecule has 0 aromatic carbocycles. The van der Waals surface area contributed by atoms with Crippen molar-refractivity contribution in [1.82, 2.24) is 10.3 Å². The number of nitrogens with zero attached hydrogens (tertiary/aromatic N) is 1. The molecule has 19 heavy (non-hydrogen) atoms. The Balaban J connectivity index is 2.54. The maximum Gasteiger partial charge on any atom is 0.261 e.